The summed E-state index contributed by atoms with van der Waals surface area (Å²) in [7, 11) is 5.94. The number of esters is 2. The largest absolute Gasteiger partial charge is 0.545 e. The van der Waals surface area contributed by atoms with E-state index in [9.17, 15) is 19.5 Å². The summed E-state index contributed by atoms with van der Waals surface area (Å²) in [6.07, 6.45) is 119. The fraction of sp³-hybridized carbons (Fsp3) is 0.760. The molecule has 0 radical (unpaired) electrons. The molecule has 0 rings (SSSR count). The monoisotopic (exact) mass is 1460 g/mol. The maximum absolute atomic E-state index is 13.0. The minimum absolute atomic E-state index is 0.142. The Morgan fingerprint density at radius 2 is 0.543 bits per heavy atom. The van der Waals surface area contributed by atoms with Gasteiger partial charge in [-0.2, -0.15) is 0 Å². The summed E-state index contributed by atoms with van der Waals surface area (Å²) >= 11 is 0. The van der Waals surface area contributed by atoms with Gasteiger partial charge in [-0.3, -0.25) is 9.59 Å². The number of carbonyl (C=O) groups is 3. The molecule has 0 heterocycles. The fourth-order valence-electron chi connectivity index (χ4n) is 13.0. The molecule has 0 saturated heterocycles. The molecule has 0 fully saturated rings. The van der Waals surface area contributed by atoms with Gasteiger partial charge >= 0.3 is 11.9 Å². The first-order valence-corrected chi connectivity index (χ1v) is 44.7. The van der Waals surface area contributed by atoms with E-state index in [0.717, 1.165) is 109 Å². The van der Waals surface area contributed by atoms with Crippen molar-refractivity contribution in [3.05, 3.63) is 122 Å². The number of ether oxygens (including phenoxy) is 4. The van der Waals surface area contributed by atoms with Crippen molar-refractivity contribution in [3.8, 4) is 0 Å². The topological polar surface area (TPSA) is 111 Å². The molecule has 0 aliphatic rings. The van der Waals surface area contributed by atoms with Crippen LogP contribution >= 0.6 is 0 Å². The van der Waals surface area contributed by atoms with Gasteiger partial charge in [0, 0.05) is 12.8 Å². The van der Waals surface area contributed by atoms with Gasteiger partial charge in [0.25, 0.3) is 0 Å². The SMILES string of the molecule is CC/C=C\C/C=C\C/C=C\C/C=C\C/C=C\C/C=C\C/C=C\C/C=C\C/C=C\C/C=C\CCCCCCCCCCC(=O)OC(COC(=O)CCCCCCCCCCCCCCCCCCCCCCCCCCCCCCCCCCCCCCCCCCC)COC(OCC[N+](C)(C)C)C(=O)[O-]. The molecule has 2 atom stereocenters. The van der Waals surface area contributed by atoms with Gasteiger partial charge in [-0.25, -0.2) is 0 Å². The number of carboxylic acids is 1. The van der Waals surface area contributed by atoms with Gasteiger partial charge in [-0.1, -0.05) is 431 Å². The lowest BCUT2D eigenvalue weighted by atomic mass is 10.0. The molecule has 0 aromatic heterocycles. The molecule has 9 nitrogen and oxygen atoms in total. The van der Waals surface area contributed by atoms with Gasteiger partial charge in [0.15, 0.2) is 12.4 Å². The normalized spacial score (nSPS) is 13.2. The third kappa shape index (κ3) is 86.8. The Morgan fingerprint density at radius 1 is 0.295 bits per heavy atom. The lowest BCUT2D eigenvalue weighted by molar-refractivity contribution is -0.870. The Hall–Kier alpha value is -4.31. The van der Waals surface area contributed by atoms with Crippen LogP contribution < -0.4 is 5.11 Å². The van der Waals surface area contributed by atoms with Crippen LogP contribution in [0.1, 0.15) is 412 Å². The summed E-state index contributed by atoms with van der Waals surface area (Å²) in [6, 6.07) is 0. The summed E-state index contributed by atoms with van der Waals surface area (Å²) in [5.41, 5.74) is 0. The molecule has 2 unspecified atom stereocenters. The second kappa shape index (κ2) is 85.3. The number of rotatable bonds is 83. The third-order valence-corrected chi connectivity index (χ3v) is 19.7. The Balaban J connectivity index is 3.99. The molecule has 606 valence electrons. The summed E-state index contributed by atoms with van der Waals surface area (Å²) in [5.74, 6) is -2.28. The predicted octanol–water partition coefficient (Wildman–Crippen LogP) is 28.0. The molecule has 0 amide bonds. The van der Waals surface area contributed by atoms with E-state index in [0.29, 0.717) is 17.4 Å². The molecule has 0 aromatic carbocycles. The van der Waals surface area contributed by atoms with Crippen LogP contribution in [0.2, 0.25) is 0 Å². The average molecular weight is 1470 g/mol. The zero-order valence-electron chi connectivity index (χ0n) is 69.6. The van der Waals surface area contributed by atoms with Gasteiger partial charge in [-0.05, 0) is 89.9 Å². The molecule has 0 spiro atoms. The van der Waals surface area contributed by atoms with E-state index in [1.165, 1.54) is 270 Å². The minimum Gasteiger partial charge on any atom is -0.545 e. The number of carbonyl (C=O) groups excluding carboxylic acids is 3. The molecule has 0 aromatic rings. The third-order valence-electron chi connectivity index (χ3n) is 19.7. The molecular weight excluding hydrogens is 1300 g/mol. The van der Waals surface area contributed by atoms with E-state index in [4.69, 9.17) is 18.9 Å². The second-order valence-electron chi connectivity index (χ2n) is 31.2. The second-order valence-corrected chi connectivity index (χ2v) is 31.2. The maximum atomic E-state index is 13.0. The van der Waals surface area contributed by atoms with Gasteiger partial charge < -0.3 is 33.3 Å². The Bertz CT molecular complexity index is 2160. The summed E-state index contributed by atoms with van der Waals surface area (Å²) < 4.78 is 22.9. The van der Waals surface area contributed by atoms with Gasteiger partial charge in [0.1, 0.15) is 13.2 Å². The quantitative estimate of drug-likeness (QED) is 0.0195. The van der Waals surface area contributed by atoms with Crippen molar-refractivity contribution in [2.24, 2.45) is 0 Å². The standard InChI is InChI=1S/C96H169NO8/c1-6-8-10-12-14-16-18-20-22-24-26-28-30-32-34-36-38-40-42-44-46-47-49-50-52-54-56-58-60-62-64-66-68-70-72-74-76-78-80-82-84-86-93(98)103-90-92(91-104-96(95(100)101)102-89-88-97(3,4)5)105-94(99)87-85-83-81-79-77-75-73-71-69-67-65-63-61-59-57-55-53-51-48-45-43-41-39-37-35-33-31-29-27-25-23-21-19-17-15-13-11-9-7-2/h9,11,15,17,21,23,27,29,33,35,39,41,45,48,53,55,59,61,65,67,92,96H,6-8,10,12-14,16,18-20,22,24-26,28,30-32,34,36-38,40,42-44,46-47,49-52,54,56-58,60,62-64,66,68-91H2,1-5H3/b11-9-,17-15-,23-21-,29-27-,35-33-,41-39-,48-45-,55-53-,61-59-,67-65-. The molecule has 0 aliphatic carbocycles. The highest BCUT2D eigenvalue weighted by Crippen LogP contribution is 2.20. The zero-order valence-corrected chi connectivity index (χ0v) is 69.6. The molecular formula is C96H169NO8. The van der Waals surface area contributed by atoms with Crippen LogP contribution in [0, 0.1) is 0 Å². The molecule has 0 aliphatic heterocycles. The summed E-state index contributed by atoms with van der Waals surface area (Å²) in [6.45, 7) is 4.67. The molecule has 105 heavy (non-hydrogen) atoms. The highest BCUT2D eigenvalue weighted by molar-refractivity contribution is 5.70. The van der Waals surface area contributed by atoms with Crippen LogP contribution in [0.3, 0.4) is 0 Å². The van der Waals surface area contributed by atoms with E-state index in [1.807, 2.05) is 21.1 Å². The smallest absolute Gasteiger partial charge is 0.306 e. The number of hydrogen-bond acceptors (Lipinski definition) is 8. The molecule has 0 N–H and O–H groups in total. The van der Waals surface area contributed by atoms with Gasteiger partial charge in [0.2, 0.25) is 0 Å². The fourth-order valence-corrected chi connectivity index (χ4v) is 13.0. The maximum Gasteiger partial charge on any atom is 0.306 e. The van der Waals surface area contributed by atoms with Gasteiger partial charge in [0.05, 0.1) is 40.3 Å². The highest BCUT2D eigenvalue weighted by Gasteiger charge is 2.22. The van der Waals surface area contributed by atoms with E-state index >= 15 is 0 Å². The molecule has 9 heteroatoms. The van der Waals surface area contributed by atoms with Crippen LogP contribution in [0.5, 0.6) is 0 Å². The van der Waals surface area contributed by atoms with Crippen molar-refractivity contribution < 1.29 is 42.9 Å². The van der Waals surface area contributed by atoms with Crippen molar-refractivity contribution in [3.63, 3.8) is 0 Å². The summed E-state index contributed by atoms with van der Waals surface area (Å²) in [5, 5.41) is 11.9. The number of nitrogens with zero attached hydrogens (tertiary/aromatic N) is 1. The van der Waals surface area contributed by atoms with Crippen LogP contribution in [0.15, 0.2) is 122 Å². The first kappa shape index (κ1) is 101. The number of aliphatic carboxylic acids is 1. The summed E-state index contributed by atoms with van der Waals surface area (Å²) in [4.78, 5) is 37.7. The Labute approximate surface area is 650 Å². The Kier molecular flexibility index (Phi) is 81.8. The number of carboxylic acid groups (broad SMARTS) is 1. The van der Waals surface area contributed by atoms with Crippen molar-refractivity contribution in [2.75, 3.05) is 47.5 Å². The molecule has 0 bridgehead atoms. The lowest BCUT2D eigenvalue weighted by Gasteiger charge is -2.26. The van der Waals surface area contributed by atoms with Crippen LogP contribution in [-0.2, 0) is 33.3 Å². The van der Waals surface area contributed by atoms with E-state index in [-0.39, 0.29) is 38.6 Å². The number of hydrogen-bond donors (Lipinski definition) is 0. The van der Waals surface area contributed by atoms with Crippen LogP contribution in [0.4, 0.5) is 0 Å². The van der Waals surface area contributed by atoms with E-state index in [2.05, 4.69) is 135 Å². The number of likely N-dealkylation sites (N-methyl/N-ethyl adjacent to an activating group) is 1. The number of quaternary nitrogens is 1. The number of allylic oxidation sites excluding steroid dienone is 20. The van der Waals surface area contributed by atoms with Crippen molar-refractivity contribution in [2.45, 2.75) is 424 Å². The highest BCUT2D eigenvalue weighted by atomic mass is 16.7. The van der Waals surface area contributed by atoms with Gasteiger partial charge in [-0.15, -0.1) is 0 Å². The van der Waals surface area contributed by atoms with Crippen LogP contribution in [0.25, 0.3) is 0 Å². The molecule has 0 saturated carbocycles. The van der Waals surface area contributed by atoms with Crippen molar-refractivity contribution >= 4 is 17.9 Å². The van der Waals surface area contributed by atoms with Crippen LogP contribution in [-0.4, -0.2) is 82.3 Å². The first-order valence-electron chi connectivity index (χ1n) is 44.7. The van der Waals surface area contributed by atoms with E-state index < -0.39 is 24.3 Å². The first-order chi connectivity index (χ1) is 51.6. The minimum atomic E-state index is -1.63. The van der Waals surface area contributed by atoms with E-state index in [1.54, 1.807) is 0 Å². The number of unbranched alkanes of at least 4 members (excludes halogenated alkanes) is 48. The average Bonchev–Trinajstić information content (AvgIpc) is 1.97. The lowest BCUT2D eigenvalue weighted by Crippen LogP contribution is -2.44. The predicted molar refractivity (Wildman–Crippen MR) is 453 cm³/mol. The zero-order chi connectivity index (χ0) is 76.0. The Morgan fingerprint density at radius 3 is 0.810 bits per heavy atom. The van der Waals surface area contributed by atoms with Crippen molar-refractivity contribution in [1.29, 1.82) is 0 Å². The van der Waals surface area contributed by atoms with Crippen molar-refractivity contribution in [1.82, 2.24) is 0 Å².